The highest BCUT2D eigenvalue weighted by atomic mass is 16.6. The molecule has 2 rings (SSSR count). The molecule has 2 unspecified atom stereocenters. The van der Waals surface area contributed by atoms with Crippen molar-refractivity contribution >= 4 is 17.9 Å². The van der Waals surface area contributed by atoms with Gasteiger partial charge in [0.15, 0.2) is 0 Å². The van der Waals surface area contributed by atoms with Crippen molar-refractivity contribution < 1.29 is 24.2 Å². The zero-order chi connectivity index (χ0) is 18.9. The Kier molecular flexibility index (Phi) is 5.61. The lowest BCUT2D eigenvalue weighted by molar-refractivity contribution is -0.149. The van der Waals surface area contributed by atoms with Gasteiger partial charge in [-0.25, -0.2) is 4.79 Å². The third-order valence-electron chi connectivity index (χ3n) is 4.69. The Morgan fingerprint density at radius 3 is 2.12 bits per heavy atom. The van der Waals surface area contributed by atoms with E-state index < -0.39 is 23.5 Å². The van der Waals surface area contributed by atoms with Crippen molar-refractivity contribution in [2.75, 3.05) is 26.2 Å². The van der Waals surface area contributed by atoms with E-state index in [9.17, 15) is 19.5 Å². The number of aliphatic hydroxyl groups is 1. The van der Waals surface area contributed by atoms with Gasteiger partial charge in [-0.1, -0.05) is 6.92 Å². The number of amides is 3. The fourth-order valence-electron chi connectivity index (χ4n) is 3.25. The zero-order valence-corrected chi connectivity index (χ0v) is 15.6. The van der Waals surface area contributed by atoms with Crippen molar-refractivity contribution in [2.45, 2.75) is 52.4 Å². The van der Waals surface area contributed by atoms with E-state index in [0.717, 1.165) is 0 Å². The van der Waals surface area contributed by atoms with E-state index in [1.165, 1.54) is 0 Å². The Bertz CT molecular complexity index is 535. The molecular formula is C17H29N3O5. The van der Waals surface area contributed by atoms with Gasteiger partial charge in [0.1, 0.15) is 5.60 Å². The SMILES string of the molecule is CC(C(=O)N1CCN(C(=O)OC(C)(C)C)CC1)[C@H]1NC(=O)[C@@H]1C(C)O. The molecule has 3 amide bonds. The van der Waals surface area contributed by atoms with Gasteiger partial charge >= 0.3 is 6.09 Å². The first kappa shape index (κ1) is 19.5. The highest BCUT2D eigenvalue weighted by Gasteiger charge is 2.48. The number of hydrogen-bond acceptors (Lipinski definition) is 5. The average molecular weight is 355 g/mol. The van der Waals surface area contributed by atoms with E-state index >= 15 is 0 Å². The molecule has 0 aromatic carbocycles. The Labute approximate surface area is 148 Å². The quantitative estimate of drug-likeness (QED) is 0.705. The Balaban J connectivity index is 1.87. The molecule has 2 aliphatic heterocycles. The number of carbonyl (C=O) groups excluding carboxylic acids is 3. The molecule has 2 N–H and O–H groups in total. The summed E-state index contributed by atoms with van der Waals surface area (Å²) in [4.78, 5) is 39.6. The minimum Gasteiger partial charge on any atom is -0.444 e. The van der Waals surface area contributed by atoms with Crippen molar-refractivity contribution in [1.82, 2.24) is 15.1 Å². The number of nitrogens with one attached hydrogen (secondary N) is 1. The van der Waals surface area contributed by atoms with Gasteiger partial charge in [-0.05, 0) is 27.7 Å². The van der Waals surface area contributed by atoms with Crippen LogP contribution >= 0.6 is 0 Å². The lowest BCUT2D eigenvalue weighted by Gasteiger charge is -2.43. The van der Waals surface area contributed by atoms with Gasteiger partial charge in [-0.15, -0.1) is 0 Å². The molecule has 8 heteroatoms. The zero-order valence-electron chi connectivity index (χ0n) is 15.6. The van der Waals surface area contributed by atoms with Gasteiger partial charge in [0.05, 0.1) is 24.0 Å². The maximum Gasteiger partial charge on any atom is 0.410 e. The molecule has 8 nitrogen and oxygen atoms in total. The number of ether oxygens (including phenoxy) is 1. The lowest BCUT2D eigenvalue weighted by atomic mass is 9.78. The molecule has 0 aromatic heterocycles. The van der Waals surface area contributed by atoms with Gasteiger partial charge < -0.3 is 25.0 Å². The normalized spacial score (nSPS) is 26.4. The molecule has 142 valence electrons. The van der Waals surface area contributed by atoms with Crippen LogP contribution in [0.4, 0.5) is 4.79 Å². The van der Waals surface area contributed by atoms with Crippen LogP contribution in [0.3, 0.4) is 0 Å². The number of hydrogen-bond donors (Lipinski definition) is 2. The van der Waals surface area contributed by atoms with Crippen LogP contribution in [0.5, 0.6) is 0 Å². The molecule has 2 fully saturated rings. The van der Waals surface area contributed by atoms with Crippen LogP contribution in [0.25, 0.3) is 0 Å². The highest BCUT2D eigenvalue weighted by Crippen LogP contribution is 2.27. The summed E-state index contributed by atoms with van der Waals surface area (Å²) in [5.74, 6) is -1.23. The molecule has 0 spiro atoms. The van der Waals surface area contributed by atoms with Gasteiger partial charge in [-0.2, -0.15) is 0 Å². The van der Waals surface area contributed by atoms with Gasteiger partial charge in [-0.3, -0.25) is 9.59 Å². The maximum atomic E-state index is 12.7. The first-order valence-electron chi connectivity index (χ1n) is 8.76. The van der Waals surface area contributed by atoms with Crippen LogP contribution in [0, 0.1) is 11.8 Å². The van der Waals surface area contributed by atoms with Crippen LogP contribution in [0.1, 0.15) is 34.6 Å². The van der Waals surface area contributed by atoms with Crippen molar-refractivity contribution in [2.24, 2.45) is 11.8 Å². The second kappa shape index (κ2) is 7.19. The van der Waals surface area contributed by atoms with E-state index in [0.29, 0.717) is 26.2 Å². The Hall–Kier alpha value is -1.83. The van der Waals surface area contributed by atoms with Crippen LogP contribution in [0.2, 0.25) is 0 Å². The summed E-state index contributed by atoms with van der Waals surface area (Å²) in [6.45, 7) is 10.5. The predicted molar refractivity (Wildman–Crippen MR) is 90.7 cm³/mol. The molecule has 4 atom stereocenters. The van der Waals surface area contributed by atoms with Crippen molar-refractivity contribution in [3.63, 3.8) is 0 Å². The summed E-state index contributed by atoms with van der Waals surface area (Å²) in [6.07, 6.45) is -1.15. The number of aliphatic hydroxyl groups excluding tert-OH is 1. The number of rotatable bonds is 3. The van der Waals surface area contributed by atoms with E-state index in [1.54, 1.807) is 23.6 Å². The molecule has 2 aliphatic rings. The molecule has 0 aromatic rings. The molecule has 2 saturated heterocycles. The summed E-state index contributed by atoms with van der Waals surface area (Å²) in [5.41, 5.74) is -0.545. The van der Waals surface area contributed by atoms with Gasteiger partial charge in [0.25, 0.3) is 0 Å². The Morgan fingerprint density at radius 2 is 1.68 bits per heavy atom. The monoisotopic (exact) mass is 355 g/mol. The average Bonchev–Trinajstić information content (AvgIpc) is 2.49. The number of β-lactam (4-membered cyclic amide) rings is 1. The van der Waals surface area contributed by atoms with Gasteiger partial charge in [0, 0.05) is 26.2 Å². The van der Waals surface area contributed by atoms with Crippen LogP contribution in [0.15, 0.2) is 0 Å². The van der Waals surface area contributed by atoms with E-state index in [4.69, 9.17) is 4.74 Å². The predicted octanol–water partition coefficient (Wildman–Crippen LogP) is 0.197. The first-order chi connectivity index (χ1) is 11.5. The summed E-state index contributed by atoms with van der Waals surface area (Å²) < 4.78 is 5.35. The third-order valence-corrected chi connectivity index (χ3v) is 4.69. The number of carbonyl (C=O) groups is 3. The highest BCUT2D eigenvalue weighted by molar-refractivity contribution is 5.90. The summed E-state index contributed by atoms with van der Waals surface area (Å²) in [5, 5.41) is 12.4. The van der Waals surface area contributed by atoms with Crippen molar-refractivity contribution in [3.8, 4) is 0 Å². The van der Waals surface area contributed by atoms with E-state index in [1.807, 2.05) is 20.8 Å². The molecule has 0 aliphatic carbocycles. The molecule has 0 radical (unpaired) electrons. The summed E-state index contributed by atoms with van der Waals surface area (Å²) >= 11 is 0. The summed E-state index contributed by atoms with van der Waals surface area (Å²) in [7, 11) is 0. The molecule has 2 heterocycles. The smallest absolute Gasteiger partial charge is 0.410 e. The molecule has 0 saturated carbocycles. The fraction of sp³-hybridized carbons (Fsp3) is 0.824. The fourth-order valence-corrected chi connectivity index (χ4v) is 3.25. The molecule has 0 bridgehead atoms. The van der Waals surface area contributed by atoms with Crippen LogP contribution in [-0.4, -0.2) is 76.7 Å². The maximum absolute atomic E-state index is 12.7. The van der Waals surface area contributed by atoms with Gasteiger partial charge in [0.2, 0.25) is 11.8 Å². The molecule has 25 heavy (non-hydrogen) atoms. The first-order valence-corrected chi connectivity index (χ1v) is 8.76. The standard InChI is InChI=1S/C17H29N3O5/c1-10(13-12(11(2)21)14(22)18-13)15(23)19-6-8-20(9-7-19)16(24)25-17(3,4)5/h10-13,21H,6-9H2,1-5H3,(H,18,22)/t10?,11?,12-,13-/m1/s1. The van der Waals surface area contributed by atoms with Crippen LogP contribution in [-0.2, 0) is 14.3 Å². The van der Waals surface area contributed by atoms with Crippen LogP contribution < -0.4 is 5.32 Å². The molecular weight excluding hydrogens is 326 g/mol. The second-order valence-electron chi connectivity index (χ2n) is 7.88. The topological polar surface area (TPSA) is 99.2 Å². The van der Waals surface area contributed by atoms with E-state index in [-0.39, 0.29) is 23.9 Å². The number of piperazine rings is 1. The largest absolute Gasteiger partial charge is 0.444 e. The number of nitrogens with zero attached hydrogens (tertiary/aromatic N) is 2. The van der Waals surface area contributed by atoms with Crippen molar-refractivity contribution in [3.05, 3.63) is 0 Å². The van der Waals surface area contributed by atoms with Crippen molar-refractivity contribution in [1.29, 1.82) is 0 Å². The minimum absolute atomic E-state index is 0.0699. The Morgan fingerprint density at radius 1 is 1.16 bits per heavy atom. The minimum atomic E-state index is -0.780. The lowest BCUT2D eigenvalue weighted by Crippen LogP contribution is -2.66. The summed E-state index contributed by atoms with van der Waals surface area (Å²) in [6, 6.07) is -0.344. The second-order valence-corrected chi connectivity index (χ2v) is 7.88. The van der Waals surface area contributed by atoms with E-state index in [2.05, 4.69) is 5.32 Å². The third kappa shape index (κ3) is 4.42.